The molecule has 4 heteroatoms. The van der Waals surface area contributed by atoms with Crippen LogP contribution >= 0.6 is 0 Å². The van der Waals surface area contributed by atoms with Gasteiger partial charge in [-0.1, -0.05) is 18.2 Å². The molecule has 0 aliphatic carbocycles. The van der Waals surface area contributed by atoms with Crippen molar-refractivity contribution in [2.75, 3.05) is 0 Å². The van der Waals surface area contributed by atoms with Gasteiger partial charge in [-0.25, -0.2) is 4.98 Å². The van der Waals surface area contributed by atoms with E-state index < -0.39 is 0 Å². The molecule has 3 rings (SSSR count). The van der Waals surface area contributed by atoms with E-state index in [1.807, 2.05) is 24.4 Å². The van der Waals surface area contributed by atoms with Crippen LogP contribution < -0.4 is 5.73 Å². The number of rotatable bonds is 4. The second-order valence-corrected chi connectivity index (χ2v) is 4.94. The average molecular weight is 266 g/mol. The second kappa shape index (κ2) is 5.43. The predicted molar refractivity (Wildman–Crippen MR) is 80.3 cm³/mol. The molecule has 2 aromatic heterocycles. The Morgan fingerprint density at radius 3 is 2.80 bits per heavy atom. The van der Waals surface area contributed by atoms with Crippen LogP contribution in [-0.4, -0.2) is 14.5 Å². The van der Waals surface area contributed by atoms with Gasteiger partial charge >= 0.3 is 0 Å². The molecule has 1 aromatic carbocycles. The number of para-hydroxylation sites is 1. The Morgan fingerprint density at radius 1 is 1.15 bits per heavy atom. The number of fused-ring (bicyclic) bond motifs is 1. The fourth-order valence-electron chi connectivity index (χ4n) is 2.51. The zero-order valence-electron chi connectivity index (χ0n) is 11.6. The van der Waals surface area contributed by atoms with Gasteiger partial charge in [-0.3, -0.25) is 4.98 Å². The van der Waals surface area contributed by atoms with Crippen LogP contribution in [0.2, 0.25) is 0 Å². The van der Waals surface area contributed by atoms with E-state index >= 15 is 0 Å². The predicted octanol–water partition coefficient (Wildman–Crippen LogP) is 2.21. The first kappa shape index (κ1) is 12.8. The Bertz CT molecular complexity index is 716. The highest BCUT2D eigenvalue weighted by atomic mass is 15.1. The van der Waals surface area contributed by atoms with E-state index in [4.69, 9.17) is 10.7 Å². The van der Waals surface area contributed by atoms with Crippen LogP contribution in [0.25, 0.3) is 11.0 Å². The Balaban J connectivity index is 1.90. The molecule has 0 amide bonds. The molecular weight excluding hydrogens is 248 g/mol. The minimum atomic E-state index is 0.524. The van der Waals surface area contributed by atoms with E-state index in [-0.39, 0.29) is 0 Å². The van der Waals surface area contributed by atoms with Crippen LogP contribution in [-0.2, 0) is 26.4 Å². The first-order chi connectivity index (χ1) is 9.79. The lowest BCUT2D eigenvalue weighted by molar-refractivity contribution is 0.785. The molecule has 0 spiro atoms. The highest BCUT2D eigenvalue weighted by Gasteiger charge is 2.10. The molecule has 0 aliphatic heterocycles. The summed E-state index contributed by atoms with van der Waals surface area (Å²) < 4.78 is 2.16. The summed E-state index contributed by atoms with van der Waals surface area (Å²) >= 11 is 0. The summed E-state index contributed by atoms with van der Waals surface area (Å²) in [7, 11) is 2.06. The average Bonchev–Trinajstić information content (AvgIpc) is 2.83. The summed E-state index contributed by atoms with van der Waals surface area (Å²) in [6, 6.07) is 10.2. The number of nitrogens with zero attached hydrogens (tertiary/aromatic N) is 3. The summed E-state index contributed by atoms with van der Waals surface area (Å²) in [6.45, 7) is 0.524. The monoisotopic (exact) mass is 266 g/mol. The van der Waals surface area contributed by atoms with Gasteiger partial charge in [0.05, 0.1) is 11.0 Å². The molecule has 0 atom stereocenters. The molecule has 0 aliphatic rings. The first-order valence-corrected chi connectivity index (χ1v) is 6.81. The van der Waals surface area contributed by atoms with Crippen LogP contribution in [0.1, 0.15) is 17.0 Å². The van der Waals surface area contributed by atoms with Gasteiger partial charge in [-0.15, -0.1) is 0 Å². The van der Waals surface area contributed by atoms with Crippen molar-refractivity contribution in [2.24, 2.45) is 12.8 Å². The Morgan fingerprint density at radius 2 is 2.05 bits per heavy atom. The summed E-state index contributed by atoms with van der Waals surface area (Å²) in [4.78, 5) is 8.91. The third-order valence-corrected chi connectivity index (χ3v) is 3.67. The lowest BCUT2D eigenvalue weighted by Crippen LogP contribution is -2.00. The lowest BCUT2D eigenvalue weighted by Gasteiger charge is -2.02. The normalized spacial score (nSPS) is 11.1. The maximum atomic E-state index is 5.78. The quantitative estimate of drug-likeness (QED) is 0.787. The third kappa shape index (κ3) is 2.30. The highest BCUT2D eigenvalue weighted by molar-refractivity contribution is 5.79. The number of pyridine rings is 1. The Labute approximate surface area is 118 Å². The maximum absolute atomic E-state index is 5.78. The molecule has 0 fully saturated rings. The second-order valence-electron chi connectivity index (χ2n) is 4.94. The first-order valence-electron chi connectivity index (χ1n) is 6.81. The van der Waals surface area contributed by atoms with Gasteiger partial charge in [-0.05, 0) is 29.7 Å². The molecule has 0 unspecified atom stereocenters. The summed E-state index contributed by atoms with van der Waals surface area (Å²) in [5.41, 5.74) is 10.3. The van der Waals surface area contributed by atoms with Gasteiger partial charge in [0.2, 0.25) is 0 Å². The van der Waals surface area contributed by atoms with E-state index in [0.717, 1.165) is 35.3 Å². The molecule has 20 heavy (non-hydrogen) atoms. The Kier molecular flexibility index (Phi) is 3.48. The largest absolute Gasteiger partial charge is 0.331 e. The minimum absolute atomic E-state index is 0.524. The van der Waals surface area contributed by atoms with Crippen LogP contribution in [0.5, 0.6) is 0 Å². The van der Waals surface area contributed by atoms with Crippen LogP contribution in [0.4, 0.5) is 0 Å². The maximum Gasteiger partial charge on any atom is 0.109 e. The smallest absolute Gasteiger partial charge is 0.109 e. The van der Waals surface area contributed by atoms with Crippen LogP contribution in [0.15, 0.2) is 42.7 Å². The Hall–Kier alpha value is -2.20. The number of hydrogen-bond acceptors (Lipinski definition) is 3. The van der Waals surface area contributed by atoms with Gasteiger partial charge in [-0.2, -0.15) is 0 Å². The highest BCUT2D eigenvalue weighted by Crippen LogP contribution is 2.19. The van der Waals surface area contributed by atoms with Gasteiger partial charge in [0.25, 0.3) is 0 Å². The van der Waals surface area contributed by atoms with Crippen molar-refractivity contribution < 1.29 is 0 Å². The third-order valence-electron chi connectivity index (χ3n) is 3.67. The minimum Gasteiger partial charge on any atom is -0.331 e. The summed E-state index contributed by atoms with van der Waals surface area (Å²) in [5, 5.41) is 0. The number of imidazole rings is 1. The molecule has 3 aromatic rings. The number of hydrogen-bond donors (Lipinski definition) is 1. The van der Waals surface area contributed by atoms with Crippen molar-refractivity contribution >= 4 is 11.0 Å². The number of nitrogens with two attached hydrogens (primary N) is 1. The lowest BCUT2D eigenvalue weighted by atomic mass is 10.1. The van der Waals surface area contributed by atoms with Crippen molar-refractivity contribution in [1.82, 2.24) is 14.5 Å². The molecule has 0 bridgehead atoms. The molecular formula is C16H18N4. The van der Waals surface area contributed by atoms with Crippen molar-refractivity contribution in [3.05, 3.63) is 59.7 Å². The molecule has 0 radical (unpaired) electrons. The number of benzene rings is 1. The van der Waals surface area contributed by atoms with Gasteiger partial charge < -0.3 is 10.3 Å². The van der Waals surface area contributed by atoms with E-state index in [2.05, 4.69) is 28.7 Å². The topological polar surface area (TPSA) is 56.7 Å². The van der Waals surface area contributed by atoms with Crippen molar-refractivity contribution in [2.45, 2.75) is 19.4 Å². The standard InChI is InChI=1S/C16H18N4/c1-20-14-6-2-5-13(10-17)16(14)19-15(20)8-7-12-4-3-9-18-11-12/h2-6,9,11H,7-8,10,17H2,1H3. The van der Waals surface area contributed by atoms with Gasteiger partial charge in [0.15, 0.2) is 0 Å². The molecule has 0 saturated carbocycles. The molecule has 4 nitrogen and oxygen atoms in total. The summed E-state index contributed by atoms with van der Waals surface area (Å²) in [6.07, 6.45) is 5.56. The van der Waals surface area contributed by atoms with E-state index in [9.17, 15) is 0 Å². The fraction of sp³-hybridized carbons (Fsp3) is 0.250. The molecule has 0 saturated heterocycles. The van der Waals surface area contributed by atoms with E-state index in [0.29, 0.717) is 6.54 Å². The fourth-order valence-corrected chi connectivity index (χ4v) is 2.51. The van der Waals surface area contributed by atoms with E-state index in [1.54, 1.807) is 6.20 Å². The zero-order valence-corrected chi connectivity index (χ0v) is 11.6. The molecule has 2 heterocycles. The van der Waals surface area contributed by atoms with E-state index in [1.165, 1.54) is 5.56 Å². The van der Waals surface area contributed by atoms with Gasteiger partial charge in [0, 0.05) is 32.4 Å². The number of aromatic nitrogens is 3. The number of aryl methyl sites for hydroxylation is 3. The molecule has 102 valence electrons. The zero-order chi connectivity index (χ0) is 13.9. The van der Waals surface area contributed by atoms with Crippen molar-refractivity contribution in [3.8, 4) is 0 Å². The van der Waals surface area contributed by atoms with Crippen LogP contribution in [0.3, 0.4) is 0 Å². The SMILES string of the molecule is Cn1c(CCc2cccnc2)nc2c(CN)cccc21. The summed E-state index contributed by atoms with van der Waals surface area (Å²) in [5.74, 6) is 1.09. The van der Waals surface area contributed by atoms with Gasteiger partial charge in [0.1, 0.15) is 5.82 Å². The molecule has 2 N–H and O–H groups in total. The van der Waals surface area contributed by atoms with Crippen molar-refractivity contribution in [1.29, 1.82) is 0 Å². The van der Waals surface area contributed by atoms with Crippen LogP contribution in [0, 0.1) is 0 Å². The van der Waals surface area contributed by atoms with Crippen molar-refractivity contribution in [3.63, 3.8) is 0 Å².